The van der Waals surface area contributed by atoms with Crippen LogP contribution in [0.4, 0.5) is 14.5 Å². The number of aliphatic hydroxyl groups excluding tert-OH is 1. The number of nitrogens with zero attached hydrogens (tertiary/aromatic N) is 2. The third-order valence-corrected chi connectivity index (χ3v) is 3.50. The van der Waals surface area contributed by atoms with Crippen molar-refractivity contribution in [3.8, 4) is 11.4 Å². The van der Waals surface area contributed by atoms with Gasteiger partial charge in [0.2, 0.25) is 0 Å². The van der Waals surface area contributed by atoms with Crippen molar-refractivity contribution < 1.29 is 13.9 Å². The Morgan fingerprint density at radius 3 is 2.45 bits per heavy atom. The van der Waals surface area contributed by atoms with Gasteiger partial charge in [-0.25, -0.2) is 13.8 Å². The number of anilines is 1. The molecule has 2 aromatic carbocycles. The van der Waals surface area contributed by atoms with Crippen LogP contribution >= 0.6 is 0 Å². The number of halogens is 2. The maximum Gasteiger partial charge on any atom is 0.161 e. The van der Waals surface area contributed by atoms with Crippen LogP contribution in [-0.4, -0.2) is 21.3 Å². The van der Waals surface area contributed by atoms with Gasteiger partial charge in [-0.2, -0.15) is 0 Å². The minimum absolute atomic E-state index is 0.00449. The first-order valence-electron chi connectivity index (χ1n) is 6.92. The maximum atomic E-state index is 13.5. The molecule has 4 nitrogen and oxygen atoms in total. The van der Waals surface area contributed by atoms with E-state index < -0.39 is 11.6 Å². The van der Waals surface area contributed by atoms with E-state index in [1.54, 1.807) is 28.8 Å². The van der Waals surface area contributed by atoms with Crippen molar-refractivity contribution in [2.45, 2.75) is 13.0 Å². The fraction of sp³-hybridized carbons (Fsp3) is 0.188. The van der Waals surface area contributed by atoms with Gasteiger partial charge in [-0.3, -0.25) is 0 Å². The molecule has 1 aromatic heterocycles. The first kappa shape index (κ1) is 14.5. The molecule has 0 fully saturated rings. The second-order valence-corrected chi connectivity index (χ2v) is 5.04. The zero-order valence-electron chi connectivity index (χ0n) is 11.8. The first-order chi connectivity index (χ1) is 10.6. The SMILES string of the molecule is Nc1ccc(-c2nc3cc(F)c(F)cc3n2CCCO)cc1. The van der Waals surface area contributed by atoms with Gasteiger partial charge in [0, 0.05) is 36.5 Å². The molecule has 0 aliphatic heterocycles. The van der Waals surface area contributed by atoms with E-state index in [1.165, 1.54) is 0 Å². The predicted molar refractivity (Wildman–Crippen MR) is 81.2 cm³/mol. The highest BCUT2D eigenvalue weighted by atomic mass is 19.2. The van der Waals surface area contributed by atoms with Crippen LogP contribution in [0, 0.1) is 11.6 Å². The maximum absolute atomic E-state index is 13.5. The average molecular weight is 303 g/mol. The van der Waals surface area contributed by atoms with Gasteiger partial charge in [0.25, 0.3) is 0 Å². The Balaban J connectivity index is 2.21. The number of imidazole rings is 1. The van der Waals surface area contributed by atoms with Crippen molar-refractivity contribution in [3.05, 3.63) is 48.0 Å². The highest BCUT2D eigenvalue weighted by Gasteiger charge is 2.15. The largest absolute Gasteiger partial charge is 0.399 e. The zero-order valence-corrected chi connectivity index (χ0v) is 11.8. The van der Waals surface area contributed by atoms with Crippen LogP contribution in [0.1, 0.15) is 6.42 Å². The summed E-state index contributed by atoms with van der Waals surface area (Å²) in [6, 6.07) is 9.31. The van der Waals surface area contributed by atoms with Gasteiger partial charge in [0.15, 0.2) is 11.6 Å². The number of aliphatic hydroxyl groups is 1. The quantitative estimate of drug-likeness (QED) is 0.728. The normalized spacial score (nSPS) is 11.2. The highest BCUT2D eigenvalue weighted by Crippen LogP contribution is 2.27. The van der Waals surface area contributed by atoms with E-state index in [-0.39, 0.29) is 6.61 Å². The number of hydrogen-bond donors (Lipinski definition) is 2. The molecule has 0 saturated carbocycles. The van der Waals surface area contributed by atoms with E-state index in [9.17, 15) is 8.78 Å². The molecule has 0 unspecified atom stereocenters. The second kappa shape index (κ2) is 5.73. The molecule has 3 aromatic rings. The van der Waals surface area contributed by atoms with E-state index in [0.717, 1.165) is 17.7 Å². The molecule has 114 valence electrons. The second-order valence-electron chi connectivity index (χ2n) is 5.04. The zero-order chi connectivity index (χ0) is 15.7. The number of rotatable bonds is 4. The first-order valence-corrected chi connectivity index (χ1v) is 6.92. The third-order valence-electron chi connectivity index (χ3n) is 3.50. The van der Waals surface area contributed by atoms with E-state index >= 15 is 0 Å². The number of fused-ring (bicyclic) bond motifs is 1. The Hall–Kier alpha value is -2.47. The minimum Gasteiger partial charge on any atom is -0.399 e. The van der Waals surface area contributed by atoms with Crippen LogP contribution in [0.15, 0.2) is 36.4 Å². The third kappa shape index (κ3) is 2.53. The summed E-state index contributed by atoms with van der Waals surface area (Å²) in [4.78, 5) is 4.40. The van der Waals surface area contributed by atoms with Gasteiger partial charge >= 0.3 is 0 Å². The van der Waals surface area contributed by atoms with Gasteiger partial charge in [-0.05, 0) is 30.7 Å². The molecule has 0 saturated heterocycles. The van der Waals surface area contributed by atoms with Gasteiger partial charge in [-0.15, -0.1) is 0 Å². The number of hydrogen-bond acceptors (Lipinski definition) is 3. The molecule has 3 N–H and O–H groups in total. The number of nitrogens with two attached hydrogens (primary N) is 1. The Morgan fingerprint density at radius 2 is 1.77 bits per heavy atom. The van der Waals surface area contributed by atoms with Crippen LogP contribution in [0.2, 0.25) is 0 Å². The number of benzene rings is 2. The molecule has 6 heteroatoms. The number of aryl methyl sites for hydroxylation is 1. The smallest absolute Gasteiger partial charge is 0.161 e. The lowest BCUT2D eigenvalue weighted by atomic mass is 10.2. The fourth-order valence-electron chi connectivity index (χ4n) is 2.43. The lowest BCUT2D eigenvalue weighted by Crippen LogP contribution is -2.03. The molecule has 0 aliphatic carbocycles. The summed E-state index contributed by atoms with van der Waals surface area (Å²) in [5.41, 5.74) is 7.98. The summed E-state index contributed by atoms with van der Waals surface area (Å²) in [7, 11) is 0. The lowest BCUT2D eigenvalue weighted by Gasteiger charge is -2.08. The van der Waals surface area contributed by atoms with Crippen LogP contribution < -0.4 is 5.73 Å². The molecule has 0 aliphatic rings. The van der Waals surface area contributed by atoms with Gasteiger partial charge in [0.1, 0.15) is 5.82 Å². The molecule has 0 amide bonds. The summed E-state index contributed by atoms with van der Waals surface area (Å²) in [5.74, 6) is -1.25. The topological polar surface area (TPSA) is 64.1 Å². The molecular formula is C16H15F2N3O. The number of aromatic nitrogens is 2. The van der Waals surface area contributed by atoms with Crippen molar-refractivity contribution in [1.82, 2.24) is 9.55 Å². The molecule has 0 atom stereocenters. The Kier molecular flexibility index (Phi) is 3.77. The van der Waals surface area contributed by atoms with Crippen molar-refractivity contribution in [2.75, 3.05) is 12.3 Å². The standard InChI is InChI=1S/C16H15F2N3O/c17-12-8-14-15(9-13(12)18)21(6-1-7-22)16(20-14)10-2-4-11(19)5-3-10/h2-5,8-9,22H,1,6-7,19H2. The Labute approximate surface area is 125 Å². The number of nitrogen functional groups attached to an aromatic ring is 1. The van der Waals surface area contributed by atoms with Crippen molar-refractivity contribution in [1.29, 1.82) is 0 Å². The van der Waals surface area contributed by atoms with Crippen LogP contribution in [0.3, 0.4) is 0 Å². The van der Waals surface area contributed by atoms with Crippen LogP contribution in [-0.2, 0) is 6.54 Å². The fourth-order valence-corrected chi connectivity index (χ4v) is 2.43. The van der Waals surface area contributed by atoms with Crippen LogP contribution in [0.25, 0.3) is 22.4 Å². The molecular weight excluding hydrogens is 288 g/mol. The summed E-state index contributed by atoms with van der Waals surface area (Å²) in [6.07, 6.45) is 0.492. The van der Waals surface area contributed by atoms with Gasteiger partial charge < -0.3 is 15.4 Å². The summed E-state index contributed by atoms with van der Waals surface area (Å²) in [6.45, 7) is 0.461. The monoisotopic (exact) mass is 303 g/mol. The Morgan fingerprint density at radius 1 is 1.09 bits per heavy atom. The molecule has 1 heterocycles. The Bertz CT molecular complexity index is 812. The average Bonchev–Trinajstić information content (AvgIpc) is 2.84. The molecule has 0 bridgehead atoms. The van der Waals surface area contributed by atoms with E-state index in [4.69, 9.17) is 10.8 Å². The molecule has 3 rings (SSSR count). The summed E-state index contributed by atoms with van der Waals surface area (Å²) >= 11 is 0. The summed E-state index contributed by atoms with van der Waals surface area (Å²) < 4.78 is 28.7. The van der Waals surface area contributed by atoms with E-state index in [2.05, 4.69) is 4.98 Å². The lowest BCUT2D eigenvalue weighted by molar-refractivity contribution is 0.281. The molecule has 22 heavy (non-hydrogen) atoms. The van der Waals surface area contributed by atoms with Crippen molar-refractivity contribution in [2.24, 2.45) is 0 Å². The van der Waals surface area contributed by atoms with Crippen molar-refractivity contribution in [3.63, 3.8) is 0 Å². The predicted octanol–water partition coefficient (Wildman–Crippen LogP) is 2.95. The highest BCUT2D eigenvalue weighted by molar-refractivity contribution is 5.81. The van der Waals surface area contributed by atoms with Gasteiger partial charge in [0.05, 0.1) is 11.0 Å². The van der Waals surface area contributed by atoms with E-state index in [1.807, 2.05) is 0 Å². The van der Waals surface area contributed by atoms with Crippen molar-refractivity contribution >= 4 is 16.7 Å². The minimum atomic E-state index is -0.928. The molecule has 0 spiro atoms. The van der Waals surface area contributed by atoms with Crippen LogP contribution in [0.5, 0.6) is 0 Å². The summed E-state index contributed by atoms with van der Waals surface area (Å²) in [5, 5.41) is 9.05. The molecule has 0 radical (unpaired) electrons. The van der Waals surface area contributed by atoms with Gasteiger partial charge in [-0.1, -0.05) is 0 Å². The van der Waals surface area contributed by atoms with E-state index in [0.29, 0.717) is 35.5 Å².